The summed E-state index contributed by atoms with van der Waals surface area (Å²) in [5.74, 6) is -0.0261. The average molecular weight is 320 g/mol. The van der Waals surface area contributed by atoms with Crippen LogP contribution in [0.2, 0.25) is 0 Å². The van der Waals surface area contributed by atoms with E-state index in [2.05, 4.69) is 26.0 Å². The van der Waals surface area contributed by atoms with Gasteiger partial charge in [0.25, 0.3) is 0 Å². The number of hydrogen-bond acceptors (Lipinski definition) is 4. The van der Waals surface area contributed by atoms with Crippen LogP contribution in [0, 0.1) is 11.3 Å². The zero-order chi connectivity index (χ0) is 16.7. The van der Waals surface area contributed by atoms with Crippen molar-refractivity contribution in [2.24, 2.45) is 11.3 Å². The molecular weight excluding hydrogens is 292 g/mol. The first-order valence-electron chi connectivity index (χ1n) is 8.40. The second-order valence-electron chi connectivity index (χ2n) is 7.53. The van der Waals surface area contributed by atoms with Gasteiger partial charge in [-0.15, -0.1) is 0 Å². The topological polar surface area (TPSA) is 36.9 Å². The molecule has 0 spiro atoms. The van der Waals surface area contributed by atoms with Gasteiger partial charge in [-0.05, 0) is 37.2 Å². The van der Waals surface area contributed by atoms with Gasteiger partial charge in [-0.1, -0.05) is 44.2 Å². The summed E-state index contributed by atoms with van der Waals surface area (Å²) in [6.45, 7) is 8.96. The molecule has 0 aromatic heterocycles. The molecular formula is C19H28O4. The van der Waals surface area contributed by atoms with Gasteiger partial charge in [-0.25, -0.2) is 0 Å². The van der Waals surface area contributed by atoms with Gasteiger partial charge in [-0.3, -0.25) is 0 Å². The molecule has 2 fully saturated rings. The Morgan fingerprint density at radius 1 is 1.17 bits per heavy atom. The van der Waals surface area contributed by atoms with Crippen molar-refractivity contribution in [2.45, 2.75) is 65.0 Å². The molecule has 1 aliphatic carbocycles. The molecule has 1 aliphatic heterocycles. The van der Waals surface area contributed by atoms with Crippen LogP contribution in [0.5, 0.6) is 0 Å². The second-order valence-corrected chi connectivity index (χ2v) is 7.53. The maximum Gasteiger partial charge on any atom is 0.189 e. The molecule has 1 saturated heterocycles. The van der Waals surface area contributed by atoms with Crippen molar-refractivity contribution in [3.8, 4) is 0 Å². The lowest BCUT2D eigenvalue weighted by Crippen LogP contribution is -2.43. The van der Waals surface area contributed by atoms with Crippen LogP contribution in [0.25, 0.3) is 0 Å². The molecule has 1 saturated carbocycles. The molecule has 4 heteroatoms. The van der Waals surface area contributed by atoms with Gasteiger partial charge in [0.1, 0.15) is 6.10 Å². The Kier molecular flexibility index (Phi) is 4.53. The molecule has 128 valence electrons. The highest BCUT2D eigenvalue weighted by atomic mass is 16.8. The zero-order valence-electron chi connectivity index (χ0n) is 14.7. The molecule has 0 amide bonds. The molecule has 0 bridgehead atoms. The summed E-state index contributed by atoms with van der Waals surface area (Å²) < 4.78 is 23.9. The Balaban J connectivity index is 1.76. The van der Waals surface area contributed by atoms with Crippen molar-refractivity contribution in [1.82, 2.24) is 0 Å². The van der Waals surface area contributed by atoms with Gasteiger partial charge in [0.15, 0.2) is 12.1 Å². The number of benzene rings is 1. The molecule has 1 aromatic rings. The smallest absolute Gasteiger partial charge is 0.189 e. The van der Waals surface area contributed by atoms with E-state index in [9.17, 15) is 0 Å². The zero-order valence-corrected chi connectivity index (χ0v) is 14.7. The Hall–Kier alpha value is -0.940. The molecule has 3 unspecified atom stereocenters. The molecule has 3 rings (SSSR count). The van der Waals surface area contributed by atoms with Crippen molar-refractivity contribution in [1.29, 1.82) is 0 Å². The predicted molar refractivity (Wildman–Crippen MR) is 87.7 cm³/mol. The van der Waals surface area contributed by atoms with Crippen LogP contribution in [-0.2, 0) is 25.6 Å². The summed E-state index contributed by atoms with van der Waals surface area (Å²) in [5, 5.41) is 0. The van der Waals surface area contributed by atoms with Crippen LogP contribution in [0.4, 0.5) is 0 Å². The van der Waals surface area contributed by atoms with Crippen molar-refractivity contribution in [3.05, 3.63) is 35.9 Å². The van der Waals surface area contributed by atoms with Gasteiger partial charge < -0.3 is 18.9 Å². The van der Waals surface area contributed by atoms with Crippen molar-refractivity contribution in [2.75, 3.05) is 7.11 Å². The largest absolute Gasteiger partial charge is 0.370 e. The predicted octanol–water partition coefficient (Wildman–Crippen LogP) is 3.74. The fourth-order valence-corrected chi connectivity index (χ4v) is 3.56. The number of hydrogen-bond donors (Lipinski definition) is 0. The van der Waals surface area contributed by atoms with Crippen LogP contribution in [0.3, 0.4) is 0 Å². The Bertz CT molecular complexity index is 529. The summed E-state index contributed by atoms with van der Waals surface area (Å²) in [6, 6.07) is 10.2. The normalized spacial score (nSPS) is 36.8. The van der Waals surface area contributed by atoms with E-state index in [1.54, 1.807) is 7.11 Å². The van der Waals surface area contributed by atoms with E-state index in [1.807, 2.05) is 32.0 Å². The highest BCUT2D eigenvalue weighted by Crippen LogP contribution is 2.57. The van der Waals surface area contributed by atoms with E-state index in [-0.39, 0.29) is 17.6 Å². The van der Waals surface area contributed by atoms with E-state index < -0.39 is 12.1 Å². The Labute approximate surface area is 139 Å². The fourth-order valence-electron chi connectivity index (χ4n) is 3.56. The van der Waals surface area contributed by atoms with Gasteiger partial charge in [0.2, 0.25) is 0 Å². The minimum Gasteiger partial charge on any atom is -0.370 e. The highest BCUT2D eigenvalue weighted by molar-refractivity contribution is 5.14. The molecule has 0 N–H and O–H groups in total. The fraction of sp³-hybridized carbons (Fsp3) is 0.684. The standard InChI is InChI=1S/C19H28O4/c1-13-11-19(13,4)16(21-12-14-9-7-6-8-10-14)15-17(20-5)23-18(2,3)22-15/h6-10,13,15-17H,11-12H2,1-5H3/t13-,15?,16?,17?,19-/m1/s1. The third-order valence-electron chi connectivity index (χ3n) is 5.25. The van der Waals surface area contributed by atoms with E-state index >= 15 is 0 Å². The number of ether oxygens (including phenoxy) is 4. The first-order chi connectivity index (χ1) is 10.9. The second kappa shape index (κ2) is 6.17. The maximum absolute atomic E-state index is 6.35. The lowest BCUT2D eigenvalue weighted by Gasteiger charge is -2.31. The van der Waals surface area contributed by atoms with Crippen LogP contribution in [-0.4, -0.2) is 31.4 Å². The van der Waals surface area contributed by atoms with Crippen molar-refractivity contribution < 1.29 is 18.9 Å². The van der Waals surface area contributed by atoms with Gasteiger partial charge in [-0.2, -0.15) is 0 Å². The molecule has 5 atom stereocenters. The third-order valence-corrected chi connectivity index (χ3v) is 5.25. The summed E-state index contributed by atoms with van der Waals surface area (Å²) in [7, 11) is 1.66. The van der Waals surface area contributed by atoms with E-state index in [4.69, 9.17) is 18.9 Å². The quantitative estimate of drug-likeness (QED) is 0.800. The minimum absolute atomic E-state index is 0.0515. The average Bonchev–Trinajstić information content (AvgIpc) is 2.99. The lowest BCUT2D eigenvalue weighted by molar-refractivity contribution is -0.183. The summed E-state index contributed by atoms with van der Waals surface area (Å²) >= 11 is 0. The van der Waals surface area contributed by atoms with E-state index in [1.165, 1.54) is 5.56 Å². The molecule has 23 heavy (non-hydrogen) atoms. The third kappa shape index (κ3) is 3.45. The van der Waals surface area contributed by atoms with Gasteiger partial charge in [0.05, 0.1) is 12.7 Å². The molecule has 1 aromatic carbocycles. The van der Waals surface area contributed by atoms with Crippen LogP contribution in [0.15, 0.2) is 30.3 Å². The Morgan fingerprint density at radius 3 is 2.39 bits per heavy atom. The van der Waals surface area contributed by atoms with E-state index in [0.29, 0.717) is 12.5 Å². The van der Waals surface area contributed by atoms with Crippen molar-refractivity contribution in [3.63, 3.8) is 0 Å². The summed E-state index contributed by atoms with van der Waals surface area (Å²) in [6.07, 6.45) is 0.483. The Morgan fingerprint density at radius 2 is 1.83 bits per heavy atom. The minimum atomic E-state index is -0.645. The monoisotopic (exact) mass is 320 g/mol. The molecule has 1 heterocycles. The van der Waals surface area contributed by atoms with Gasteiger partial charge >= 0.3 is 0 Å². The number of methoxy groups -OCH3 is 1. The first-order valence-corrected chi connectivity index (χ1v) is 8.40. The van der Waals surface area contributed by atoms with Crippen LogP contribution < -0.4 is 0 Å². The first kappa shape index (κ1) is 16.9. The van der Waals surface area contributed by atoms with Crippen LogP contribution >= 0.6 is 0 Å². The summed E-state index contributed by atoms with van der Waals surface area (Å²) in [5.41, 5.74) is 1.28. The van der Waals surface area contributed by atoms with Gasteiger partial charge in [0, 0.05) is 7.11 Å². The summed E-state index contributed by atoms with van der Waals surface area (Å²) in [4.78, 5) is 0. The molecule has 2 aliphatic rings. The highest BCUT2D eigenvalue weighted by Gasteiger charge is 2.60. The SMILES string of the molecule is COC1OC(C)(C)OC1C(OCc1ccccc1)[C@]1(C)C[C@H]1C. The molecule has 4 nitrogen and oxygen atoms in total. The molecule has 0 radical (unpaired) electrons. The number of rotatable bonds is 6. The lowest BCUT2D eigenvalue weighted by atomic mass is 9.93. The van der Waals surface area contributed by atoms with Crippen molar-refractivity contribution >= 4 is 0 Å². The van der Waals surface area contributed by atoms with E-state index in [0.717, 1.165) is 6.42 Å². The van der Waals surface area contributed by atoms with Crippen LogP contribution in [0.1, 0.15) is 39.7 Å². The maximum atomic E-state index is 6.35.